The van der Waals surface area contributed by atoms with Crippen molar-refractivity contribution in [1.82, 2.24) is 19.9 Å². The number of hydrogen-bond donors (Lipinski definition) is 3. The van der Waals surface area contributed by atoms with Crippen molar-refractivity contribution in [1.29, 1.82) is 0 Å². The summed E-state index contributed by atoms with van der Waals surface area (Å²) in [4.78, 5) is 17.6. The number of rotatable bonds is 7. The molecule has 8 nitrogen and oxygen atoms in total. The molecule has 4 rings (SSSR count). The summed E-state index contributed by atoms with van der Waals surface area (Å²) in [6.07, 6.45) is 9.89. The summed E-state index contributed by atoms with van der Waals surface area (Å²) in [6.45, 7) is 0.905. The third-order valence-electron chi connectivity index (χ3n) is 5.46. The molecule has 1 fully saturated rings. The number of ether oxygens (including phenoxy) is 1. The zero-order chi connectivity index (χ0) is 20.1. The van der Waals surface area contributed by atoms with Crippen molar-refractivity contribution in [2.45, 2.75) is 31.7 Å². The summed E-state index contributed by atoms with van der Waals surface area (Å²) in [6, 6.07) is 6.47. The number of pyridine rings is 2. The molecule has 8 heteroatoms. The fourth-order valence-corrected chi connectivity index (χ4v) is 3.76. The molecule has 0 saturated heterocycles. The van der Waals surface area contributed by atoms with Crippen LogP contribution in [0.3, 0.4) is 0 Å². The first-order valence-corrected chi connectivity index (χ1v) is 10.0. The molecule has 1 aliphatic rings. The number of nitrogens with zero attached hydrogens (tertiary/aromatic N) is 4. The van der Waals surface area contributed by atoms with Gasteiger partial charge in [0.05, 0.1) is 25.2 Å². The van der Waals surface area contributed by atoms with Gasteiger partial charge in [-0.15, -0.1) is 0 Å². The molecule has 0 amide bonds. The molecule has 0 atom stereocenters. The lowest BCUT2D eigenvalue weighted by Crippen LogP contribution is -2.29. The summed E-state index contributed by atoms with van der Waals surface area (Å²) in [5, 5.41) is 11.0. The molecule has 29 heavy (non-hydrogen) atoms. The van der Waals surface area contributed by atoms with Gasteiger partial charge in [-0.1, -0.05) is 0 Å². The van der Waals surface area contributed by atoms with Crippen LogP contribution < -0.4 is 20.7 Å². The number of hydrogen-bond acceptors (Lipinski definition) is 8. The molecule has 0 aromatic carbocycles. The Morgan fingerprint density at radius 3 is 2.55 bits per heavy atom. The summed E-state index contributed by atoms with van der Waals surface area (Å²) < 4.78 is 5.34. The molecule has 3 aromatic heterocycles. The molecule has 0 aliphatic heterocycles. The SMILES string of the molecule is CNc1cnc(NC[C@H]2CC[C@H](Nc3ccc4ccnc(OC)c4n3)CC2)nc1. The van der Waals surface area contributed by atoms with Crippen LogP contribution in [0.25, 0.3) is 10.9 Å². The summed E-state index contributed by atoms with van der Waals surface area (Å²) >= 11 is 0. The topological polar surface area (TPSA) is 96.9 Å². The molecule has 0 radical (unpaired) electrons. The van der Waals surface area contributed by atoms with Crippen LogP contribution in [0.5, 0.6) is 5.88 Å². The minimum Gasteiger partial charge on any atom is -0.479 e. The highest BCUT2D eigenvalue weighted by Crippen LogP contribution is 2.28. The van der Waals surface area contributed by atoms with Crippen molar-refractivity contribution < 1.29 is 4.74 Å². The van der Waals surface area contributed by atoms with Crippen molar-refractivity contribution in [3.8, 4) is 5.88 Å². The van der Waals surface area contributed by atoms with Crippen LogP contribution in [-0.4, -0.2) is 46.7 Å². The van der Waals surface area contributed by atoms with Crippen LogP contribution in [0.15, 0.2) is 36.8 Å². The van der Waals surface area contributed by atoms with E-state index in [0.29, 0.717) is 23.8 Å². The zero-order valence-electron chi connectivity index (χ0n) is 16.9. The van der Waals surface area contributed by atoms with E-state index in [1.807, 2.05) is 19.2 Å². The Bertz CT molecular complexity index is 939. The smallest absolute Gasteiger partial charge is 0.240 e. The van der Waals surface area contributed by atoms with Crippen molar-refractivity contribution in [2.75, 3.05) is 36.7 Å². The van der Waals surface area contributed by atoms with Gasteiger partial charge in [-0.3, -0.25) is 0 Å². The minimum atomic E-state index is 0.435. The van der Waals surface area contributed by atoms with Crippen LogP contribution in [0.1, 0.15) is 25.7 Å². The van der Waals surface area contributed by atoms with Gasteiger partial charge < -0.3 is 20.7 Å². The van der Waals surface area contributed by atoms with Gasteiger partial charge in [0.25, 0.3) is 0 Å². The fraction of sp³-hybridized carbons (Fsp3) is 0.429. The van der Waals surface area contributed by atoms with Crippen molar-refractivity contribution >= 4 is 28.4 Å². The Balaban J connectivity index is 1.29. The predicted molar refractivity (Wildman–Crippen MR) is 116 cm³/mol. The van der Waals surface area contributed by atoms with Crippen LogP contribution in [-0.2, 0) is 0 Å². The summed E-state index contributed by atoms with van der Waals surface area (Å²) in [5.74, 6) is 2.76. The standard InChI is InChI=1S/C21H27N7O/c1-22-17-12-25-21(26-13-17)24-11-14-3-6-16(7-4-14)27-18-8-5-15-9-10-23-20(29-2)19(15)28-18/h5,8-10,12-14,16,22H,3-4,6-7,11H2,1-2H3,(H,27,28)(H,24,25,26)/t14-,16-. The average Bonchev–Trinajstić information content (AvgIpc) is 2.78. The first-order chi connectivity index (χ1) is 14.2. The maximum absolute atomic E-state index is 5.34. The lowest BCUT2D eigenvalue weighted by atomic mass is 9.86. The molecule has 0 spiro atoms. The fourth-order valence-electron chi connectivity index (χ4n) is 3.76. The maximum Gasteiger partial charge on any atom is 0.240 e. The molecule has 3 N–H and O–H groups in total. The van der Waals surface area contributed by atoms with Crippen LogP contribution in [0.4, 0.5) is 17.5 Å². The van der Waals surface area contributed by atoms with Gasteiger partial charge in [-0.25, -0.2) is 19.9 Å². The molecule has 3 aromatic rings. The highest BCUT2D eigenvalue weighted by Gasteiger charge is 2.21. The monoisotopic (exact) mass is 393 g/mol. The van der Waals surface area contributed by atoms with E-state index in [4.69, 9.17) is 9.72 Å². The second-order valence-corrected chi connectivity index (χ2v) is 7.38. The Labute approximate surface area is 170 Å². The maximum atomic E-state index is 5.34. The van der Waals surface area contributed by atoms with Gasteiger partial charge in [0, 0.05) is 31.2 Å². The number of aromatic nitrogens is 4. The van der Waals surface area contributed by atoms with E-state index in [0.717, 1.165) is 54.6 Å². The summed E-state index contributed by atoms with van der Waals surface area (Å²) in [5.41, 5.74) is 1.71. The van der Waals surface area contributed by atoms with Gasteiger partial charge in [0.1, 0.15) is 11.3 Å². The predicted octanol–water partition coefficient (Wildman–Crippen LogP) is 3.55. The Morgan fingerprint density at radius 2 is 1.83 bits per heavy atom. The highest BCUT2D eigenvalue weighted by atomic mass is 16.5. The van der Waals surface area contributed by atoms with E-state index in [2.05, 4.69) is 37.0 Å². The lowest BCUT2D eigenvalue weighted by Gasteiger charge is -2.29. The minimum absolute atomic E-state index is 0.435. The third kappa shape index (κ3) is 4.64. The van der Waals surface area contributed by atoms with Crippen molar-refractivity contribution in [2.24, 2.45) is 5.92 Å². The Morgan fingerprint density at radius 1 is 1.03 bits per heavy atom. The van der Waals surface area contributed by atoms with Gasteiger partial charge >= 0.3 is 0 Å². The third-order valence-corrected chi connectivity index (χ3v) is 5.46. The number of anilines is 3. The van der Waals surface area contributed by atoms with Gasteiger partial charge in [-0.2, -0.15) is 0 Å². The van der Waals surface area contributed by atoms with Gasteiger partial charge in [-0.05, 0) is 49.8 Å². The van der Waals surface area contributed by atoms with E-state index < -0.39 is 0 Å². The van der Waals surface area contributed by atoms with Crippen molar-refractivity contribution in [3.63, 3.8) is 0 Å². The van der Waals surface area contributed by atoms with Crippen LogP contribution in [0, 0.1) is 5.92 Å². The molecule has 1 aliphatic carbocycles. The second kappa shape index (κ2) is 8.89. The molecular formula is C21H27N7O. The zero-order valence-corrected chi connectivity index (χ0v) is 16.9. The van der Waals surface area contributed by atoms with Gasteiger partial charge in [0.15, 0.2) is 0 Å². The number of fused-ring (bicyclic) bond motifs is 1. The summed E-state index contributed by atoms with van der Waals surface area (Å²) in [7, 11) is 3.48. The first-order valence-electron chi connectivity index (χ1n) is 10.0. The molecule has 0 bridgehead atoms. The Kier molecular flexibility index (Phi) is 5.88. The lowest BCUT2D eigenvalue weighted by molar-refractivity contribution is 0.350. The first kappa shape index (κ1) is 19.2. The van der Waals surface area contributed by atoms with E-state index in [9.17, 15) is 0 Å². The normalized spacial score (nSPS) is 19.0. The molecule has 152 valence electrons. The molecule has 0 unspecified atom stereocenters. The van der Waals surface area contributed by atoms with E-state index in [1.165, 1.54) is 0 Å². The molecule has 3 heterocycles. The second-order valence-electron chi connectivity index (χ2n) is 7.38. The van der Waals surface area contributed by atoms with E-state index in [-0.39, 0.29) is 0 Å². The molecule has 1 saturated carbocycles. The molecular weight excluding hydrogens is 366 g/mol. The average molecular weight is 393 g/mol. The Hall–Kier alpha value is -3.16. The van der Waals surface area contributed by atoms with Gasteiger partial charge in [0.2, 0.25) is 11.8 Å². The van der Waals surface area contributed by atoms with Crippen molar-refractivity contribution in [3.05, 3.63) is 36.8 Å². The van der Waals surface area contributed by atoms with E-state index >= 15 is 0 Å². The van der Waals surface area contributed by atoms with Crippen LogP contribution >= 0.6 is 0 Å². The quantitative estimate of drug-likeness (QED) is 0.561. The number of methoxy groups -OCH3 is 1. The van der Waals surface area contributed by atoms with Crippen LogP contribution in [0.2, 0.25) is 0 Å². The van der Waals surface area contributed by atoms with E-state index in [1.54, 1.807) is 25.7 Å². The largest absolute Gasteiger partial charge is 0.479 e. The highest BCUT2D eigenvalue weighted by molar-refractivity contribution is 5.84. The number of nitrogens with one attached hydrogen (secondary N) is 3.